The molecule has 7 nitrogen and oxygen atoms in total. The van der Waals surface area contributed by atoms with Crippen molar-refractivity contribution in [1.29, 1.82) is 10.5 Å². The Bertz CT molecular complexity index is 789. The van der Waals surface area contributed by atoms with Crippen molar-refractivity contribution in [3.63, 3.8) is 0 Å². The summed E-state index contributed by atoms with van der Waals surface area (Å²) in [7, 11) is 1.57. The first-order chi connectivity index (χ1) is 10.9. The van der Waals surface area contributed by atoms with E-state index >= 15 is 0 Å². The summed E-state index contributed by atoms with van der Waals surface area (Å²) in [5, 5.41) is 31.1. The standard InChI is InChI=1S/C16H15N5O2/c1-10-13(7-11-3-5-12(23-2)6-4-11)16(19,22)21-15(9-18)14(8-17)20-10/h3-7,21-22H,19H2,1-2H3/b13-7-. The van der Waals surface area contributed by atoms with Gasteiger partial charge in [-0.3, -0.25) is 5.73 Å². The number of nitrogens with zero attached hydrogens (tertiary/aromatic N) is 3. The molecule has 2 rings (SSSR count). The van der Waals surface area contributed by atoms with Crippen LogP contribution in [-0.4, -0.2) is 23.8 Å². The van der Waals surface area contributed by atoms with Gasteiger partial charge in [0.2, 0.25) is 5.85 Å². The maximum Gasteiger partial charge on any atom is 0.220 e. The predicted octanol–water partition coefficient (Wildman–Crippen LogP) is 1.01. The zero-order chi connectivity index (χ0) is 17.0. The summed E-state index contributed by atoms with van der Waals surface area (Å²) in [6, 6.07) is 10.7. The van der Waals surface area contributed by atoms with Crippen molar-refractivity contribution in [2.75, 3.05) is 7.11 Å². The van der Waals surface area contributed by atoms with Gasteiger partial charge in [-0.2, -0.15) is 10.5 Å². The molecule has 1 aromatic rings. The van der Waals surface area contributed by atoms with Crippen LogP contribution in [0.3, 0.4) is 0 Å². The van der Waals surface area contributed by atoms with Crippen LogP contribution in [0.15, 0.2) is 46.2 Å². The van der Waals surface area contributed by atoms with Crippen molar-refractivity contribution in [2.24, 2.45) is 10.7 Å². The van der Waals surface area contributed by atoms with Crippen LogP contribution in [0, 0.1) is 22.7 Å². The highest BCUT2D eigenvalue weighted by molar-refractivity contribution is 6.04. The molecule has 0 aromatic heterocycles. The quantitative estimate of drug-likeness (QED) is 0.699. The van der Waals surface area contributed by atoms with Gasteiger partial charge in [0.05, 0.1) is 7.11 Å². The lowest BCUT2D eigenvalue weighted by Crippen LogP contribution is -2.55. The van der Waals surface area contributed by atoms with Gasteiger partial charge in [0.25, 0.3) is 0 Å². The van der Waals surface area contributed by atoms with Crippen LogP contribution in [0.1, 0.15) is 12.5 Å². The third-order valence-electron chi connectivity index (χ3n) is 3.28. The molecule has 1 aliphatic rings. The molecule has 0 bridgehead atoms. The van der Waals surface area contributed by atoms with Crippen molar-refractivity contribution in [3.05, 3.63) is 46.8 Å². The van der Waals surface area contributed by atoms with E-state index in [-0.39, 0.29) is 17.0 Å². The summed E-state index contributed by atoms with van der Waals surface area (Å²) in [6.07, 6.45) is 1.63. The van der Waals surface area contributed by atoms with E-state index in [9.17, 15) is 5.11 Å². The second kappa shape index (κ2) is 6.32. The van der Waals surface area contributed by atoms with Gasteiger partial charge in [0, 0.05) is 11.3 Å². The first-order valence-electron chi connectivity index (χ1n) is 6.67. The van der Waals surface area contributed by atoms with Crippen molar-refractivity contribution in [2.45, 2.75) is 12.8 Å². The SMILES string of the molecule is COc1ccc(/C=C2/C(C)=NC(C#N)=C(C#N)NC2(N)O)cc1. The zero-order valence-electron chi connectivity index (χ0n) is 12.7. The molecule has 1 unspecified atom stereocenters. The van der Waals surface area contributed by atoms with Crippen molar-refractivity contribution < 1.29 is 9.84 Å². The lowest BCUT2D eigenvalue weighted by atomic mass is 10.0. The molecule has 4 N–H and O–H groups in total. The van der Waals surface area contributed by atoms with Gasteiger partial charge in [-0.15, -0.1) is 0 Å². The Labute approximate surface area is 133 Å². The minimum absolute atomic E-state index is 0.132. The minimum atomic E-state index is -2.03. The number of hydrogen-bond acceptors (Lipinski definition) is 7. The van der Waals surface area contributed by atoms with Crippen LogP contribution in [0.4, 0.5) is 0 Å². The molecule has 1 atom stereocenters. The minimum Gasteiger partial charge on any atom is -0.497 e. The number of nitriles is 2. The third-order valence-corrected chi connectivity index (χ3v) is 3.28. The molecular weight excluding hydrogens is 294 g/mol. The van der Waals surface area contributed by atoms with Crippen LogP contribution >= 0.6 is 0 Å². The van der Waals surface area contributed by atoms with E-state index in [1.165, 1.54) is 0 Å². The number of allylic oxidation sites excluding steroid dienone is 2. The van der Waals surface area contributed by atoms with E-state index in [0.29, 0.717) is 11.5 Å². The zero-order valence-corrected chi connectivity index (χ0v) is 12.7. The molecule has 1 aromatic carbocycles. The van der Waals surface area contributed by atoms with Crippen LogP contribution in [-0.2, 0) is 0 Å². The average Bonchev–Trinajstić information content (AvgIpc) is 2.64. The number of nitrogens with one attached hydrogen (secondary N) is 1. The van der Waals surface area contributed by atoms with Gasteiger partial charge >= 0.3 is 0 Å². The summed E-state index contributed by atoms with van der Waals surface area (Å²) < 4.78 is 5.09. The highest BCUT2D eigenvalue weighted by Gasteiger charge is 2.33. The predicted molar refractivity (Wildman–Crippen MR) is 84.6 cm³/mol. The summed E-state index contributed by atoms with van der Waals surface area (Å²) in [6.45, 7) is 1.60. The van der Waals surface area contributed by atoms with Gasteiger partial charge in [-0.25, -0.2) is 4.99 Å². The molecule has 0 aliphatic carbocycles. The highest BCUT2D eigenvalue weighted by atomic mass is 16.5. The summed E-state index contributed by atoms with van der Waals surface area (Å²) in [4.78, 5) is 4.07. The van der Waals surface area contributed by atoms with Gasteiger partial charge in [0.15, 0.2) is 11.4 Å². The van der Waals surface area contributed by atoms with Crippen molar-refractivity contribution in [3.8, 4) is 17.9 Å². The van der Waals surface area contributed by atoms with E-state index in [2.05, 4.69) is 10.3 Å². The average molecular weight is 309 g/mol. The molecule has 23 heavy (non-hydrogen) atoms. The van der Waals surface area contributed by atoms with E-state index in [1.807, 2.05) is 6.07 Å². The summed E-state index contributed by atoms with van der Waals surface area (Å²) in [5.74, 6) is -1.34. The molecule has 116 valence electrons. The molecule has 0 saturated heterocycles. The van der Waals surface area contributed by atoms with Gasteiger partial charge in [0.1, 0.15) is 17.9 Å². The molecule has 0 amide bonds. The number of aliphatic imine (C=N–C) groups is 1. The molecule has 1 heterocycles. The second-order valence-electron chi connectivity index (χ2n) is 4.87. The Morgan fingerprint density at radius 3 is 2.48 bits per heavy atom. The van der Waals surface area contributed by atoms with Gasteiger partial charge < -0.3 is 15.2 Å². The Kier molecular flexibility index (Phi) is 4.47. The van der Waals surface area contributed by atoms with E-state index in [0.717, 1.165) is 5.56 Å². The lowest BCUT2D eigenvalue weighted by Gasteiger charge is -2.26. The fraction of sp³-hybridized carbons (Fsp3) is 0.188. The highest BCUT2D eigenvalue weighted by Crippen LogP contribution is 2.23. The maximum atomic E-state index is 10.5. The molecule has 0 saturated carbocycles. The van der Waals surface area contributed by atoms with E-state index in [4.69, 9.17) is 21.0 Å². The normalized spacial score (nSPS) is 22.5. The van der Waals surface area contributed by atoms with Gasteiger partial charge in [-0.05, 0) is 30.7 Å². The number of methoxy groups -OCH3 is 1. The third kappa shape index (κ3) is 3.38. The maximum absolute atomic E-state index is 10.5. The number of benzene rings is 1. The largest absolute Gasteiger partial charge is 0.497 e. The summed E-state index contributed by atoms with van der Waals surface area (Å²) in [5.41, 5.74) is 6.89. The van der Waals surface area contributed by atoms with Crippen LogP contribution < -0.4 is 15.8 Å². The molecule has 7 heteroatoms. The number of aliphatic hydroxyl groups is 1. The number of hydrogen-bond donors (Lipinski definition) is 3. The molecular formula is C16H15N5O2. The van der Waals surface area contributed by atoms with E-state index in [1.54, 1.807) is 50.4 Å². The molecule has 0 spiro atoms. The first kappa shape index (κ1) is 16.2. The van der Waals surface area contributed by atoms with E-state index < -0.39 is 5.85 Å². The monoisotopic (exact) mass is 309 g/mol. The molecule has 0 radical (unpaired) electrons. The van der Waals surface area contributed by atoms with Crippen LogP contribution in [0.2, 0.25) is 0 Å². The first-order valence-corrected chi connectivity index (χ1v) is 6.67. The lowest BCUT2D eigenvalue weighted by molar-refractivity contribution is 0.0684. The topological polar surface area (TPSA) is 127 Å². The number of rotatable bonds is 2. The molecule has 0 fully saturated rings. The van der Waals surface area contributed by atoms with Crippen LogP contribution in [0.5, 0.6) is 5.75 Å². The fourth-order valence-corrected chi connectivity index (χ4v) is 2.12. The fourth-order valence-electron chi connectivity index (χ4n) is 2.12. The Morgan fingerprint density at radius 1 is 1.30 bits per heavy atom. The molecule has 1 aliphatic heterocycles. The second-order valence-corrected chi connectivity index (χ2v) is 4.87. The van der Waals surface area contributed by atoms with Crippen LogP contribution in [0.25, 0.3) is 6.08 Å². The summed E-state index contributed by atoms with van der Waals surface area (Å²) >= 11 is 0. The van der Waals surface area contributed by atoms with Crippen molar-refractivity contribution in [1.82, 2.24) is 5.32 Å². The Hall–Kier alpha value is -3.13. The Balaban J connectivity index is 2.52. The van der Waals surface area contributed by atoms with Crippen molar-refractivity contribution >= 4 is 11.8 Å². The number of ether oxygens (including phenoxy) is 1. The number of nitrogens with two attached hydrogens (primary N) is 1. The smallest absolute Gasteiger partial charge is 0.220 e. The van der Waals surface area contributed by atoms with Gasteiger partial charge in [-0.1, -0.05) is 12.1 Å². The Morgan fingerprint density at radius 2 is 1.96 bits per heavy atom.